The first-order valence-electron chi connectivity index (χ1n) is 5.02. The number of rotatable bonds is 3. The monoisotopic (exact) mass is 296 g/mol. The first-order valence-corrected chi connectivity index (χ1v) is 5.81. The number of aromatic hydroxyl groups is 1. The first kappa shape index (κ1) is 11.9. The van der Waals surface area contributed by atoms with E-state index in [9.17, 15) is 9.50 Å². The third-order valence-electron chi connectivity index (χ3n) is 2.27. The molecule has 0 atom stereocenters. The van der Waals surface area contributed by atoms with Crippen LogP contribution in [-0.4, -0.2) is 5.11 Å². The molecule has 2 nitrogen and oxygen atoms in total. The van der Waals surface area contributed by atoms with Crippen LogP contribution in [0.1, 0.15) is 5.56 Å². The minimum absolute atomic E-state index is 0.0366. The number of phenolic OH excluding ortho intramolecular Hbond substituents is 1. The van der Waals surface area contributed by atoms with Crippen molar-refractivity contribution in [2.75, 3.05) is 0 Å². The zero-order chi connectivity index (χ0) is 12.3. The van der Waals surface area contributed by atoms with Gasteiger partial charge in [0.15, 0.2) is 11.5 Å². The van der Waals surface area contributed by atoms with Gasteiger partial charge >= 0.3 is 0 Å². The summed E-state index contributed by atoms with van der Waals surface area (Å²) in [4.78, 5) is 0. The average Bonchev–Trinajstić information content (AvgIpc) is 2.36. The fourth-order valence-electron chi connectivity index (χ4n) is 1.37. The van der Waals surface area contributed by atoms with Gasteiger partial charge in [0.1, 0.15) is 6.61 Å². The highest BCUT2D eigenvalue weighted by molar-refractivity contribution is 9.10. The molecule has 0 heterocycles. The van der Waals surface area contributed by atoms with Gasteiger partial charge in [-0.2, -0.15) is 4.39 Å². The van der Waals surface area contributed by atoms with E-state index in [4.69, 9.17) is 4.74 Å². The fraction of sp³-hybridized carbons (Fsp3) is 0.0769. The third-order valence-corrected chi connectivity index (χ3v) is 2.91. The first-order chi connectivity index (χ1) is 8.18. The van der Waals surface area contributed by atoms with Crippen molar-refractivity contribution in [2.24, 2.45) is 0 Å². The second-order valence-corrected chi connectivity index (χ2v) is 4.34. The Morgan fingerprint density at radius 3 is 2.53 bits per heavy atom. The maximum Gasteiger partial charge on any atom is 0.207 e. The Labute approximate surface area is 107 Å². The molecule has 17 heavy (non-hydrogen) atoms. The van der Waals surface area contributed by atoms with Gasteiger partial charge in [0.25, 0.3) is 0 Å². The molecule has 1 N–H and O–H groups in total. The topological polar surface area (TPSA) is 29.5 Å². The zero-order valence-corrected chi connectivity index (χ0v) is 10.4. The van der Waals surface area contributed by atoms with E-state index in [1.807, 2.05) is 30.3 Å². The molecule has 88 valence electrons. The Balaban J connectivity index is 2.13. The maximum atomic E-state index is 13.6. The van der Waals surface area contributed by atoms with Crippen LogP contribution in [0.3, 0.4) is 0 Å². The van der Waals surface area contributed by atoms with E-state index in [0.717, 1.165) is 5.56 Å². The largest absolute Gasteiger partial charge is 0.504 e. The van der Waals surface area contributed by atoms with Gasteiger partial charge in [-0.15, -0.1) is 0 Å². The zero-order valence-electron chi connectivity index (χ0n) is 8.86. The van der Waals surface area contributed by atoms with E-state index in [2.05, 4.69) is 15.9 Å². The lowest BCUT2D eigenvalue weighted by atomic mass is 10.2. The number of halogens is 2. The van der Waals surface area contributed by atoms with Crippen molar-refractivity contribution in [1.29, 1.82) is 0 Å². The second-order valence-electron chi connectivity index (χ2n) is 3.48. The number of benzene rings is 2. The molecule has 0 fully saturated rings. The van der Waals surface area contributed by atoms with E-state index in [0.29, 0.717) is 4.47 Å². The summed E-state index contributed by atoms with van der Waals surface area (Å²) in [5, 5.41) is 9.38. The van der Waals surface area contributed by atoms with E-state index in [-0.39, 0.29) is 12.4 Å². The molecule has 2 aromatic rings. The summed E-state index contributed by atoms with van der Waals surface area (Å²) in [7, 11) is 0. The number of hydrogen-bond acceptors (Lipinski definition) is 2. The van der Waals surface area contributed by atoms with Crippen LogP contribution in [0.25, 0.3) is 0 Å². The Hall–Kier alpha value is -1.55. The molecule has 0 saturated carbocycles. The van der Waals surface area contributed by atoms with Crippen molar-refractivity contribution in [3.8, 4) is 11.5 Å². The highest BCUT2D eigenvalue weighted by atomic mass is 79.9. The second kappa shape index (κ2) is 5.19. The van der Waals surface area contributed by atoms with Gasteiger partial charge in [-0.1, -0.05) is 30.3 Å². The Morgan fingerprint density at radius 1 is 1.12 bits per heavy atom. The molecule has 0 radical (unpaired) electrons. The molecule has 0 aliphatic carbocycles. The summed E-state index contributed by atoms with van der Waals surface area (Å²) in [6, 6.07) is 12.5. The van der Waals surface area contributed by atoms with Gasteiger partial charge < -0.3 is 9.84 Å². The van der Waals surface area contributed by atoms with Gasteiger partial charge in [-0.05, 0) is 33.6 Å². The van der Waals surface area contributed by atoms with E-state index >= 15 is 0 Å². The number of phenols is 1. The number of hydrogen-bond donors (Lipinski definition) is 1. The fourth-order valence-corrected chi connectivity index (χ4v) is 1.68. The lowest BCUT2D eigenvalue weighted by Crippen LogP contribution is -1.97. The van der Waals surface area contributed by atoms with Crippen molar-refractivity contribution in [1.82, 2.24) is 0 Å². The van der Waals surface area contributed by atoms with Crippen LogP contribution < -0.4 is 4.74 Å². The smallest absolute Gasteiger partial charge is 0.207 e. The van der Waals surface area contributed by atoms with Crippen molar-refractivity contribution in [3.63, 3.8) is 0 Å². The third kappa shape index (κ3) is 2.77. The summed E-state index contributed by atoms with van der Waals surface area (Å²) in [6.07, 6.45) is 0. The summed E-state index contributed by atoms with van der Waals surface area (Å²) >= 11 is 3.03. The van der Waals surface area contributed by atoms with Gasteiger partial charge in [-0.3, -0.25) is 0 Å². The molecule has 0 bridgehead atoms. The minimum atomic E-state index is -0.754. The maximum absolute atomic E-state index is 13.6. The van der Waals surface area contributed by atoms with Gasteiger partial charge in [0.2, 0.25) is 5.82 Å². The molecule has 2 rings (SSSR count). The Kier molecular flexibility index (Phi) is 3.64. The molecule has 0 aliphatic rings. The van der Waals surface area contributed by atoms with Crippen molar-refractivity contribution < 1.29 is 14.2 Å². The average molecular weight is 297 g/mol. The van der Waals surface area contributed by atoms with Gasteiger partial charge in [0.05, 0.1) is 4.47 Å². The summed E-state index contributed by atoms with van der Waals surface area (Å²) < 4.78 is 19.2. The Bertz CT molecular complexity index is 514. The lowest BCUT2D eigenvalue weighted by molar-refractivity contribution is 0.284. The molecule has 0 amide bonds. The van der Waals surface area contributed by atoms with Crippen LogP contribution in [0.2, 0.25) is 0 Å². The van der Waals surface area contributed by atoms with Crippen molar-refractivity contribution in [3.05, 3.63) is 58.3 Å². The molecule has 4 heteroatoms. The van der Waals surface area contributed by atoms with Crippen molar-refractivity contribution in [2.45, 2.75) is 6.61 Å². The Morgan fingerprint density at radius 2 is 1.82 bits per heavy atom. The highest BCUT2D eigenvalue weighted by Gasteiger charge is 2.11. The molecule has 0 unspecified atom stereocenters. The number of ether oxygens (including phenoxy) is 1. The van der Waals surface area contributed by atoms with Crippen LogP contribution in [0.15, 0.2) is 46.9 Å². The SMILES string of the molecule is Oc1c(Br)ccc(OCc2ccccc2)c1F. The van der Waals surface area contributed by atoms with Gasteiger partial charge in [0, 0.05) is 0 Å². The van der Waals surface area contributed by atoms with Gasteiger partial charge in [-0.25, -0.2) is 0 Å². The normalized spacial score (nSPS) is 10.2. The van der Waals surface area contributed by atoms with Crippen LogP contribution >= 0.6 is 15.9 Å². The molecule has 0 spiro atoms. The van der Waals surface area contributed by atoms with Crippen LogP contribution in [0.5, 0.6) is 11.5 Å². The predicted molar refractivity (Wildman–Crippen MR) is 66.5 cm³/mol. The molecular weight excluding hydrogens is 287 g/mol. The lowest BCUT2D eigenvalue weighted by Gasteiger charge is -2.08. The predicted octanol–water partition coefficient (Wildman–Crippen LogP) is 3.87. The van der Waals surface area contributed by atoms with E-state index < -0.39 is 11.6 Å². The molecule has 0 saturated heterocycles. The summed E-state index contributed by atoms with van der Waals surface area (Å²) in [6.45, 7) is 0.263. The quantitative estimate of drug-likeness (QED) is 0.931. The molecule has 2 aromatic carbocycles. The van der Waals surface area contributed by atoms with E-state index in [1.165, 1.54) is 6.07 Å². The van der Waals surface area contributed by atoms with Crippen LogP contribution in [0, 0.1) is 5.82 Å². The summed E-state index contributed by atoms with van der Waals surface area (Å²) in [5.74, 6) is -1.15. The standard InChI is InChI=1S/C13H10BrFO2/c14-10-6-7-11(12(15)13(10)16)17-8-9-4-2-1-3-5-9/h1-7,16H,8H2. The van der Waals surface area contributed by atoms with E-state index in [1.54, 1.807) is 6.07 Å². The molecular formula is C13H10BrFO2. The summed E-state index contributed by atoms with van der Waals surface area (Å²) in [5.41, 5.74) is 0.939. The van der Waals surface area contributed by atoms with Crippen LogP contribution in [0.4, 0.5) is 4.39 Å². The van der Waals surface area contributed by atoms with Crippen molar-refractivity contribution >= 4 is 15.9 Å². The minimum Gasteiger partial charge on any atom is -0.504 e. The van der Waals surface area contributed by atoms with Crippen LogP contribution in [-0.2, 0) is 6.61 Å². The molecule has 0 aromatic heterocycles. The molecule has 0 aliphatic heterocycles. The highest BCUT2D eigenvalue weighted by Crippen LogP contribution is 2.33.